The van der Waals surface area contributed by atoms with Crippen LogP contribution >= 0.6 is 22.6 Å². The zero-order chi connectivity index (χ0) is 13.1. The van der Waals surface area contributed by atoms with Gasteiger partial charge < -0.3 is 13.9 Å². The van der Waals surface area contributed by atoms with E-state index in [2.05, 4.69) is 0 Å². The molecule has 1 aliphatic rings. The number of halogens is 1. The standard InChI is InChI=1S/C12H9IO5/c1-3-12(2,13)11(15)18-8-6-4-5-7(16-6)9(8)17-10(5)14/h4H,3H2,1-2H3. The van der Waals surface area contributed by atoms with Crippen LogP contribution in [0.2, 0.25) is 0 Å². The number of benzene rings is 1. The monoisotopic (exact) mass is 360 g/mol. The second kappa shape index (κ2) is 3.59. The van der Waals surface area contributed by atoms with Crippen LogP contribution in [0.4, 0.5) is 0 Å². The zero-order valence-electron chi connectivity index (χ0n) is 9.70. The summed E-state index contributed by atoms with van der Waals surface area (Å²) in [5.74, 6) is -0.408. The normalized spacial score (nSPS) is 16.9. The maximum Gasteiger partial charge on any atom is 0.347 e. The lowest BCUT2D eigenvalue weighted by atomic mass is 10.1. The van der Waals surface area contributed by atoms with E-state index in [0.717, 1.165) is 0 Å². The topological polar surface area (TPSA) is 65.7 Å². The molecule has 0 saturated heterocycles. The predicted molar refractivity (Wildman–Crippen MR) is 70.7 cm³/mol. The van der Waals surface area contributed by atoms with Crippen molar-refractivity contribution >= 4 is 45.7 Å². The van der Waals surface area contributed by atoms with Crippen LogP contribution in [0.1, 0.15) is 30.6 Å². The van der Waals surface area contributed by atoms with Gasteiger partial charge in [0.1, 0.15) is 8.99 Å². The van der Waals surface area contributed by atoms with E-state index in [-0.39, 0.29) is 17.5 Å². The van der Waals surface area contributed by atoms with Crippen molar-refractivity contribution in [3.05, 3.63) is 11.6 Å². The molecule has 0 saturated carbocycles. The van der Waals surface area contributed by atoms with Gasteiger partial charge in [0.05, 0.1) is 0 Å². The number of esters is 2. The molecule has 0 N–H and O–H groups in total. The van der Waals surface area contributed by atoms with Crippen LogP contribution in [-0.2, 0) is 4.79 Å². The average Bonchev–Trinajstić information content (AvgIpc) is 2.93. The van der Waals surface area contributed by atoms with E-state index in [1.165, 1.54) is 6.07 Å². The van der Waals surface area contributed by atoms with Crippen molar-refractivity contribution < 1.29 is 23.5 Å². The summed E-state index contributed by atoms with van der Waals surface area (Å²) >= 11 is 2.04. The Morgan fingerprint density at radius 2 is 2.28 bits per heavy atom. The summed E-state index contributed by atoms with van der Waals surface area (Å²) in [4.78, 5) is 23.4. The van der Waals surface area contributed by atoms with Gasteiger partial charge in [0.25, 0.3) is 0 Å². The Labute approximate surface area is 116 Å². The summed E-state index contributed by atoms with van der Waals surface area (Å²) in [7, 11) is 0. The maximum atomic E-state index is 12.0. The lowest BCUT2D eigenvalue weighted by Crippen LogP contribution is -2.31. The smallest absolute Gasteiger partial charge is 0.347 e. The average molecular weight is 360 g/mol. The van der Waals surface area contributed by atoms with E-state index in [1.807, 2.05) is 29.5 Å². The number of ether oxygens (including phenoxy) is 2. The highest BCUT2D eigenvalue weighted by Gasteiger charge is 2.39. The first-order chi connectivity index (χ1) is 8.44. The Morgan fingerprint density at radius 1 is 1.56 bits per heavy atom. The highest BCUT2D eigenvalue weighted by molar-refractivity contribution is 14.1. The molecule has 6 heteroatoms. The Balaban J connectivity index is 1.95. The van der Waals surface area contributed by atoms with E-state index >= 15 is 0 Å². The molecule has 3 heterocycles. The third-order valence-electron chi connectivity index (χ3n) is 3.07. The number of alkyl halides is 1. The van der Waals surface area contributed by atoms with E-state index in [1.54, 1.807) is 6.92 Å². The molecule has 1 unspecified atom stereocenters. The molecule has 2 aromatic rings. The van der Waals surface area contributed by atoms with Crippen molar-refractivity contribution in [3.8, 4) is 11.5 Å². The second-order valence-electron chi connectivity index (χ2n) is 4.34. The van der Waals surface area contributed by atoms with Crippen molar-refractivity contribution in [3.63, 3.8) is 0 Å². The summed E-state index contributed by atoms with van der Waals surface area (Å²) in [6.45, 7) is 3.69. The summed E-state index contributed by atoms with van der Waals surface area (Å²) < 4.78 is 15.0. The molecule has 2 aromatic heterocycles. The number of fused-ring (bicyclic) bond motifs is 1. The van der Waals surface area contributed by atoms with Gasteiger partial charge in [-0.05, 0) is 13.3 Å². The highest BCUT2D eigenvalue weighted by Crippen LogP contribution is 2.49. The number of carbonyl (C=O) groups is 2. The molecular formula is C12H9IO5. The largest absolute Gasteiger partial charge is 0.448 e. The van der Waals surface area contributed by atoms with Gasteiger partial charge in [0, 0.05) is 6.07 Å². The van der Waals surface area contributed by atoms with Crippen molar-refractivity contribution in [1.82, 2.24) is 0 Å². The van der Waals surface area contributed by atoms with Gasteiger partial charge >= 0.3 is 11.9 Å². The molecule has 18 heavy (non-hydrogen) atoms. The summed E-state index contributed by atoms with van der Waals surface area (Å²) in [5, 5.41) is 0. The summed E-state index contributed by atoms with van der Waals surface area (Å²) in [5.41, 5.74) is 1.13. The number of rotatable bonds is 3. The van der Waals surface area contributed by atoms with E-state index in [0.29, 0.717) is 23.2 Å². The molecule has 0 aromatic carbocycles. The molecule has 0 spiro atoms. The van der Waals surface area contributed by atoms with Crippen LogP contribution in [0.15, 0.2) is 10.5 Å². The highest BCUT2D eigenvalue weighted by atomic mass is 127. The van der Waals surface area contributed by atoms with Crippen molar-refractivity contribution in [2.45, 2.75) is 23.7 Å². The molecule has 0 fully saturated rings. The molecule has 1 atom stereocenters. The van der Waals surface area contributed by atoms with Gasteiger partial charge in [-0.3, -0.25) is 4.79 Å². The van der Waals surface area contributed by atoms with Crippen LogP contribution in [0.3, 0.4) is 0 Å². The van der Waals surface area contributed by atoms with Crippen LogP contribution in [0.5, 0.6) is 11.5 Å². The maximum absolute atomic E-state index is 12.0. The third-order valence-corrected chi connectivity index (χ3v) is 4.27. The number of hydrogen-bond acceptors (Lipinski definition) is 5. The lowest BCUT2D eigenvalue weighted by molar-refractivity contribution is -0.136. The fraction of sp³-hybridized carbons (Fsp3) is 0.333. The first-order valence-electron chi connectivity index (χ1n) is 5.46. The molecule has 0 radical (unpaired) electrons. The number of furan rings is 2. The molecular weight excluding hydrogens is 351 g/mol. The van der Waals surface area contributed by atoms with Crippen molar-refractivity contribution in [2.75, 3.05) is 0 Å². The van der Waals surface area contributed by atoms with Crippen LogP contribution in [0.25, 0.3) is 11.2 Å². The Kier molecular flexibility index (Phi) is 2.35. The minimum absolute atomic E-state index is 0.209. The van der Waals surface area contributed by atoms with Gasteiger partial charge in [0.2, 0.25) is 11.5 Å². The van der Waals surface area contributed by atoms with Gasteiger partial charge in [-0.25, -0.2) is 4.79 Å². The first kappa shape index (κ1) is 11.8. The Hall–Kier alpha value is -1.31. The van der Waals surface area contributed by atoms with Crippen molar-refractivity contribution in [2.24, 2.45) is 0 Å². The number of carbonyl (C=O) groups excluding carboxylic acids is 2. The first-order valence-corrected chi connectivity index (χ1v) is 6.54. The zero-order valence-corrected chi connectivity index (χ0v) is 11.9. The molecule has 2 bridgehead atoms. The molecule has 1 aliphatic heterocycles. The van der Waals surface area contributed by atoms with Gasteiger partial charge in [-0.15, -0.1) is 0 Å². The minimum atomic E-state index is -0.618. The van der Waals surface area contributed by atoms with Gasteiger partial charge in [-0.1, -0.05) is 29.5 Å². The predicted octanol–water partition coefficient (Wildman–Crippen LogP) is 2.91. The van der Waals surface area contributed by atoms with Gasteiger partial charge in [0.15, 0.2) is 11.2 Å². The quantitative estimate of drug-likeness (QED) is 0.365. The second-order valence-corrected chi connectivity index (χ2v) is 6.72. The van der Waals surface area contributed by atoms with Crippen LogP contribution in [0, 0.1) is 0 Å². The van der Waals surface area contributed by atoms with Crippen molar-refractivity contribution in [1.29, 1.82) is 0 Å². The van der Waals surface area contributed by atoms with Crippen LogP contribution in [-0.4, -0.2) is 15.4 Å². The SMILES string of the molecule is CCC(C)(I)C(=O)Oc1c2c3oc1cc3C(=O)O2. The van der Waals surface area contributed by atoms with Crippen LogP contribution < -0.4 is 9.47 Å². The molecule has 0 aliphatic carbocycles. The minimum Gasteiger partial charge on any atom is -0.448 e. The lowest BCUT2D eigenvalue weighted by Gasteiger charge is -2.17. The number of hydrogen-bond donors (Lipinski definition) is 0. The van der Waals surface area contributed by atoms with E-state index in [9.17, 15) is 9.59 Å². The molecule has 5 nitrogen and oxygen atoms in total. The molecule has 94 valence electrons. The fourth-order valence-corrected chi connectivity index (χ4v) is 1.83. The van der Waals surface area contributed by atoms with E-state index < -0.39 is 9.39 Å². The van der Waals surface area contributed by atoms with E-state index in [4.69, 9.17) is 13.9 Å². The Bertz CT molecular complexity index is 654. The summed E-state index contributed by atoms with van der Waals surface area (Å²) in [6.07, 6.45) is 0.642. The molecule has 3 rings (SSSR count). The summed E-state index contributed by atoms with van der Waals surface area (Å²) in [6, 6.07) is 1.53. The fourth-order valence-electron chi connectivity index (χ4n) is 1.72. The Morgan fingerprint density at radius 3 is 2.94 bits per heavy atom. The third kappa shape index (κ3) is 1.44. The molecule has 0 amide bonds. The van der Waals surface area contributed by atoms with Gasteiger partial charge in [-0.2, -0.15) is 0 Å².